The van der Waals surface area contributed by atoms with Crippen LogP contribution in [0.1, 0.15) is 258 Å². The van der Waals surface area contributed by atoms with Crippen molar-refractivity contribution < 1.29 is 28.6 Å². The summed E-state index contributed by atoms with van der Waals surface area (Å²) in [5, 5.41) is 0. The number of carbonyl (C=O) groups is 3. The lowest BCUT2D eigenvalue weighted by molar-refractivity contribution is -0.167. The second-order valence-electron chi connectivity index (χ2n) is 18.1. The van der Waals surface area contributed by atoms with Crippen molar-refractivity contribution in [2.75, 3.05) is 13.2 Å². The van der Waals surface area contributed by atoms with Crippen LogP contribution in [0.3, 0.4) is 0 Å². The SMILES string of the molecule is CC/C=C\C/C=C\C/C=C\C/C=C\C/C=C\CCCCCCCCCCCC(=O)OCC(COC(=O)CCCCCCC)OC(=O)CCCCCCCCC/C=C\C/C=C\CCCCCC. The number of allylic oxidation sites excluding steroid dienone is 14. The molecule has 0 aliphatic heterocycles. The minimum atomic E-state index is -0.779. The minimum Gasteiger partial charge on any atom is -0.462 e. The fourth-order valence-electron chi connectivity index (χ4n) is 7.50. The van der Waals surface area contributed by atoms with E-state index in [-0.39, 0.29) is 31.1 Å². The average molecular weight is 919 g/mol. The van der Waals surface area contributed by atoms with Crippen LogP contribution in [-0.2, 0) is 28.6 Å². The fourth-order valence-corrected chi connectivity index (χ4v) is 7.50. The molecule has 0 aromatic rings. The second kappa shape index (κ2) is 54.2. The van der Waals surface area contributed by atoms with Crippen molar-refractivity contribution in [1.29, 1.82) is 0 Å². The maximum absolute atomic E-state index is 12.8. The van der Waals surface area contributed by atoms with Crippen LogP contribution in [0.25, 0.3) is 0 Å². The number of unbranched alkanes of at least 4 members (excludes halogenated alkanes) is 24. The van der Waals surface area contributed by atoms with E-state index in [0.717, 1.165) is 116 Å². The Hall–Kier alpha value is -3.41. The van der Waals surface area contributed by atoms with Crippen molar-refractivity contribution in [1.82, 2.24) is 0 Å². The van der Waals surface area contributed by atoms with Crippen LogP contribution in [0.15, 0.2) is 85.1 Å². The summed E-state index contributed by atoms with van der Waals surface area (Å²) in [7, 11) is 0. The van der Waals surface area contributed by atoms with Crippen molar-refractivity contribution in [3.05, 3.63) is 85.1 Å². The molecule has 6 nitrogen and oxygen atoms in total. The lowest BCUT2D eigenvalue weighted by Crippen LogP contribution is -2.30. The van der Waals surface area contributed by atoms with E-state index in [4.69, 9.17) is 14.2 Å². The van der Waals surface area contributed by atoms with E-state index in [1.807, 2.05) is 0 Å². The van der Waals surface area contributed by atoms with Gasteiger partial charge >= 0.3 is 17.9 Å². The Morgan fingerprint density at radius 3 is 0.939 bits per heavy atom. The van der Waals surface area contributed by atoms with Gasteiger partial charge in [-0.05, 0) is 96.3 Å². The lowest BCUT2D eigenvalue weighted by atomic mass is 10.1. The first kappa shape index (κ1) is 62.6. The highest BCUT2D eigenvalue weighted by atomic mass is 16.6. The van der Waals surface area contributed by atoms with E-state index in [2.05, 4.69) is 106 Å². The van der Waals surface area contributed by atoms with Gasteiger partial charge in [-0.1, -0.05) is 228 Å². The highest BCUT2D eigenvalue weighted by Crippen LogP contribution is 2.15. The van der Waals surface area contributed by atoms with Gasteiger partial charge < -0.3 is 14.2 Å². The maximum Gasteiger partial charge on any atom is 0.306 e. The van der Waals surface area contributed by atoms with Crippen molar-refractivity contribution in [2.24, 2.45) is 0 Å². The van der Waals surface area contributed by atoms with Crippen LogP contribution in [-0.4, -0.2) is 37.2 Å². The Morgan fingerprint density at radius 2 is 0.591 bits per heavy atom. The largest absolute Gasteiger partial charge is 0.462 e. The Labute approximate surface area is 407 Å². The molecule has 6 heteroatoms. The van der Waals surface area contributed by atoms with Crippen molar-refractivity contribution >= 4 is 17.9 Å². The van der Waals surface area contributed by atoms with Gasteiger partial charge in [0.25, 0.3) is 0 Å². The monoisotopic (exact) mass is 919 g/mol. The zero-order valence-corrected chi connectivity index (χ0v) is 43.2. The van der Waals surface area contributed by atoms with Gasteiger partial charge in [0.2, 0.25) is 0 Å². The summed E-state index contributed by atoms with van der Waals surface area (Å²) in [6.45, 7) is 6.42. The highest BCUT2D eigenvalue weighted by Gasteiger charge is 2.19. The maximum atomic E-state index is 12.8. The Bertz CT molecular complexity index is 1290. The Balaban J connectivity index is 4.14. The first-order chi connectivity index (χ1) is 32.5. The van der Waals surface area contributed by atoms with Gasteiger partial charge in [-0.25, -0.2) is 0 Å². The predicted molar refractivity (Wildman–Crippen MR) is 284 cm³/mol. The van der Waals surface area contributed by atoms with E-state index in [1.54, 1.807) is 0 Å². The minimum absolute atomic E-state index is 0.0821. The molecule has 0 spiro atoms. The third-order valence-electron chi connectivity index (χ3n) is 11.6. The fraction of sp³-hybridized carbons (Fsp3) is 0.717. The van der Waals surface area contributed by atoms with Crippen molar-refractivity contribution in [3.63, 3.8) is 0 Å². The quantitative estimate of drug-likeness (QED) is 0.0262. The number of ether oxygens (including phenoxy) is 3. The van der Waals surface area contributed by atoms with E-state index in [9.17, 15) is 14.4 Å². The zero-order chi connectivity index (χ0) is 47.9. The third-order valence-corrected chi connectivity index (χ3v) is 11.6. The lowest BCUT2D eigenvalue weighted by Gasteiger charge is -2.18. The Kier molecular flexibility index (Phi) is 51.4. The van der Waals surface area contributed by atoms with Gasteiger partial charge in [0.05, 0.1) is 0 Å². The molecule has 0 aliphatic carbocycles. The molecule has 0 aromatic heterocycles. The highest BCUT2D eigenvalue weighted by molar-refractivity contribution is 5.71. The van der Waals surface area contributed by atoms with Crippen molar-refractivity contribution in [2.45, 2.75) is 264 Å². The van der Waals surface area contributed by atoms with Gasteiger partial charge in [-0.15, -0.1) is 0 Å². The molecular formula is C60H102O6. The van der Waals surface area contributed by atoms with E-state index >= 15 is 0 Å². The van der Waals surface area contributed by atoms with Crippen LogP contribution in [0.5, 0.6) is 0 Å². The molecule has 0 amide bonds. The molecule has 0 saturated heterocycles. The van der Waals surface area contributed by atoms with Crippen LogP contribution >= 0.6 is 0 Å². The third kappa shape index (κ3) is 51.6. The van der Waals surface area contributed by atoms with E-state index in [0.29, 0.717) is 19.3 Å². The van der Waals surface area contributed by atoms with Gasteiger partial charge in [-0.3, -0.25) is 14.4 Å². The summed E-state index contributed by atoms with van der Waals surface area (Å²) >= 11 is 0. The van der Waals surface area contributed by atoms with E-state index in [1.165, 1.54) is 103 Å². The molecule has 0 radical (unpaired) electrons. The number of rotatable bonds is 49. The van der Waals surface area contributed by atoms with Crippen LogP contribution in [0, 0.1) is 0 Å². The van der Waals surface area contributed by atoms with Crippen LogP contribution in [0.2, 0.25) is 0 Å². The summed E-state index contributed by atoms with van der Waals surface area (Å²) in [5.74, 6) is -0.908. The van der Waals surface area contributed by atoms with Crippen LogP contribution in [0.4, 0.5) is 0 Å². The number of carbonyl (C=O) groups excluding carboxylic acids is 3. The standard InChI is InChI=1S/C60H102O6/c1-4-7-10-13-15-17-19-21-23-25-27-28-29-30-31-32-33-35-36-38-40-42-44-47-50-53-59(62)65-56-57(55-64-58(61)52-49-46-12-9-6-3)66-60(63)54-51-48-45-43-41-39-37-34-26-24-22-20-18-16-14-11-8-5-2/h7,10,15,17-18,20-21,23-24,26-28,30-31,57H,4-6,8-9,11-14,16,19,22,25,29,32-56H2,1-3H3/b10-7-,17-15-,20-18-,23-21-,26-24-,28-27-,31-30-. The zero-order valence-electron chi connectivity index (χ0n) is 43.2. The summed E-state index contributed by atoms with van der Waals surface area (Å²) in [6.07, 6.45) is 70.4. The normalized spacial score (nSPS) is 12.7. The van der Waals surface area contributed by atoms with E-state index < -0.39 is 6.10 Å². The molecule has 1 atom stereocenters. The molecule has 0 aromatic carbocycles. The Morgan fingerprint density at radius 1 is 0.318 bits per heavy atom. The molecule has 0 heterocycles. The number of hydrogen-bond donors (Lipinski definition) is 0. The van der Waals surface area contributed by atoms with Crippen LogP contribution < -0.4 is 0 Å². The van der Waals surface area contributed by atoms with Gasteiger partial charge in [0.15, 0.2) is 6.10 Å². The molecule has 1 unspecified atom stereocenters. The molecule has 0 saturated carbocycles. The summed E-state index contributed by atoms with van der Waals surface area (Å²) in [4.78, 5) is 37.8. The van der Waals surface area contributed by atoms with Gasteiger partial charge in [0.1, 0.15) is 13.2 Å². The summed E-state index contributed by atoms with van der Waals surface area (Å²) in [5.41, 5.74) is 0. The van der Waals surface area contributed by atoms with Crippen molar-refractivity contribution in [3.8, 4) is 0 Å². The molecule has 0 aliphatic rings. The van der Waals surface area contributed by atoms with Gasteiger partial charge in [0, 0.05) is 19.3 Å². The molecule has 0 fully saturated rings. The average Bonchev–Trinajstić information content (AvgIpc) is 3.31. The number of hydrogen-bond acceptors (Lipinski definition) is 6. The molecule has 0 rings (SSSR count). The molecule has 378 valence electrons. The molecule has 0 N–H and O–H groups in total. The first-order valence-corrected chi connectivity index (χ1v) is 27.6. The molecular weight excluding hydrogens is 817 g/mol. The molecule has 0 bridgehead atoms. The first-order valence-electron chi connectivity index (χ1n) is 27.6. The number of esters is 3. The van der Waals surface area contributed by atoms with Gasteiger partial charge in [-0.2, -0.15) is 0 Å². The molecule has 66 heavy (non-hydrogen) atoms. The topological polar surface area (TPSA) is 78.9 Å². The summed E-state index contributed by atoms with van der Waals surface area (Å²) in [6, 6.07) is 0. The summed E-state index contributed by atoms with van der Waals surface area (Å²) < 4.78 is 16.7. The second-order valence-corrected chi connectivity index (χ2v) is 18.1. The smallest absolute Gasteiger partial charge is 0.306 e. The predicted octanol–water partition coefficient (Wildman–Crippen LogP) is 18.4.